The average Bonchev–Trinajstić information content (AvgIpc) is 2.66. The number of nitrogens with one attached hydrogen (secondary N) is 1. The minimum absolute atomic E-state index is 0.259. The minimum Gasteiger partial charge on any atom is -0.493 e. The second kappa shape index (κ2) is 8.75. The van der Waals surface area contributed by atoms with Crippen molar-refractivity contribution in [2.24, 2.45) is 0 Å². The van der Waals surface area contributed by atoms with E-state index in [1.54, 1.807) is 42.5 Å². The first-order valence-electron chi connectivity index (χ1n) is 8.15. The van der Waals surface area contributed by atoms with Crippen molar-refractivity contribution in [3.8, 4) is 5.75 Å². The number of rotatable bonds is 6. The summed E-state index contributed by atoms with van der Waals surface area (Å²) in [6.07, 6.45) is 0.830. The number of hydrogen-bond donors (Lipinski definition) is 1. The van der Waals surface area contributed by atoms with Gasteiger partial charge in [-0.1, -0.05) is 53.5 Å². The lowest BCUT2D eigenvalue weighted by molar-refractivity contribution is 0.102. The SMILES string of the molecule is O=C(Nc1cc(Cl)ccc1Cl)c1ccc(OCCc2ccccc2)cc1. The molecule has 0 bridgehead atoms. The van der Waals surface area contributed by atoms with Gasteiger partial charge in [0.15, 0.2) is 0 Å². The Bertz CT molecular complexity index is 880. The van der Waals surface area contributed by atoms with Crippen LogP contribution in [0, 0.1) is 0 Å². The summed E-state index contributed by atoms with van der Waals surface area (Å²) in [6.45, 7) is 0.577. The van der Waals surface area contributed by atoms with E-state index in [-0.39, 0.29) is 5.91 Å². The molecule has 1 amide bonds. The molecule has 132 valence electrons. The first kappa shape index (κ1) is 18.3. The van der Waals surface area contributed by atoms with E-state index in [1.165, 1.54) is 5.56 Å². The van der Waals surface area contributed by atoms with Gasteiger partial charge in [-0.3, -0.25) is 4.79 Å². The molecule has 0 aromatic heterocycles. The predicted molar refractivity (Wildman–Crippen MR) is 106 cm³/mol. The lowest BCUT2D eigenvalue weighted by atomic mass is 10.2. The number of hydrogen-bond acceptors (Lipinski definition) is 2. The van der Waals surface area contributed by atoms with Crippen LogP contribution in [0.1, 0.15) is 15.9 Å². The standard InChI is InChI=1S/C21H17Cl2NO2/c22-17-8-11-19(23)20(14-17)24-21(25)16-6-9-18(10-7-16)26-13-12-15-4-2-1-3-5-15/h1-11,14H,12-13H2,(H,24,25). The molecule has 0 saturated carbocycles. The van der Waals surface area contributed by atoms with Gasteiger partial charge < -0.3 is 10.1 Å². The number of anilines is 1. The molecule has 3 rings (SSSR count). The van der Waals surface area contributed by atoms with E-state index >= 15 is 0 Å². The molecule has 0 unspecified atom stereocenters. The first-order chi connectivity index (χ1) is 12.6. The number of halogens is 2. The van der Waals surface area contributed by atoms with Crippen LogP contribution < -0.4 is 10.1 Å². The molecule has 0 heterocycles. The van der Waals surface area contributed by atoms with Gasteiger partial charge in [0, 0.05) is 17.0 Å². The highest BCUT2D eigenvalue weighted by Crippen LogP contribution is 2.26. The van der Waals surface area contributed by atoms with E-state index in [9.17, 15) is 4.79 Å². The van der Waals surface area contributed by atoms with Crippen LogP contribution in [-0.4, -0.2) is 12.5 Å². The largest absolute Gasteiger partial charge is 0.493 e. The maximum atomic E-state index is 12.3. The van der Waals surface area contributed by atoms with Crippen molar-refractivity contribution in [3.63, 3.8) is 0 Å². The topological polar surface area (TPSA) is 38.3 Å². The van der Waals surface area contributed by atoms with Gasteiger partial charge >= 0.3 is 0 Å². The zero-order chi connectivity index (χ0) is 18.4. The fourth-order valence-electron chi connectivity index (χ4n) is 2.42. The summed E-state index contributed by atoms with van der Waals surface area (Å²) in [5.74, 6) is 0.461. The molecule has 0 spiro atoms. The molecule has 0 aliphatic carbocycles. The van der Waals surface area contributed by atoms with Crippen LogP contribution in [0.15, 0.2) is 72.8 Å². The van der Waals surface area contributed by atoms with Crippen LogP contribution in [0.3, 0.4) is 0 Å². The molecule has 1 N–H and O–H groups in total. The second-order valence-electron chi connectivity index (χ2n) is 5.69. The van der Waals surface area contributed by atoms with Gasteiger partial charge in [0.25, 0.3) is 5.91 Å². The molecule has 0 atom stereocenters. The third-order valence-corrected chi connectivity index (χ3v) is 4.36. The van der Waals surface area contributed by atoms with E-state index in [2.05, 4.69) is 17.4 Å². The smallest absolute Gasteiger partial charge is 0.255 e. The van der Waals surface area contributed by atoms with E-state index in [4.69, 9.17) is 27.9 Å². The Kier molecular flexibility index (Phi) is 6.16. The van der Waals surface area contributed by atoms with Crippen LogP contribution >= 0.6 is 23.2 Å². The molecular formula is C21H17Cl2NO2. The van der Waals surface area contributed by atoms with E-state index in [1.807, 2.05) is 18.2 Å². The van der Waals surface area contributed by atoms with Crippen LogP contribution in [0.4, 0.5) is 5.69 Å². The Morgan fingerprint density at radius 3 is 2.38 bits per heavy atom. The van der Waals surface area contributed by atoms with Crippen molar-refractivity contribution in [1.82, 2.24) is 0 Å². The summed E-state index contributed by atoms with van der Waals surface area (Å²) < 4.78 is 5.73. The average molecular weight is 386 g/mol. The number of amides is 1. The quantitative estimate of drug-likeness (QED) is 0.576. The fraction of sp³-hybridized carbons (Fsp3) is 0.0952. The Labute approximate surface area is 162 Å². The van der Waals surface area contributed by atoms with Crippen molar-refractivity contribution >= 4 is 34.8 Å². The van der Waals surface area contributed by atoms with Crippen molar-refractivity contribution in [3.05, 3.63) is 94.0 Å². The maximum Gasteiger partial charge on any atom is 0.255 e. The monoisotopic (exact) mass is 385 g/mol. The highest BCUT2D eigenvalue weighted by molar-refractivity contribution is 6.35. The Morgan fingerprint density at radius 1 is 0.923 bits per heavy atom. The van der Waals surface area contributed by atoms with Crippen molar-refractivity contribution in [1.29, 1.82) is 0 Å². The molecule has 3 aromatic carbocycles. The van der Waals surface area contributed by atoms with E-state index < -0.39 is 0 Å². The molecule has 0 radical (unpaired) electrons. The molecule has 3 nitrogen and oxygen atoms in total. The Morgan fingerprint density at radius 2 is 1.65 bits per heavy atom. The molecule has 26 heavy (non-hydrogen) atoms. The zero-order valence-corrected chi connectivity index (χ0v) is 15.4. The summed E-state index contributed by atoms with van der Waals surface area (Å²) in [5, 5.41) is 3.70. The zero-order valence-electron chi connectivity index (χ0n) is 13.9. The van der Waals surface area contributed by atoms with Crippen molar-refractivity contribution in [2.45, 2.75) is 6.42 Å². The minimum atomic E-state index is -0.259. The van der Waals surface area contributed by atoms with Gasteiger partial charge in [-0.25, -0.2) is 0 Å². The summed E-state index contributed by atoms with van der Waals surface area (Å²) in [5.41, 5.74) is 2.21. The van der Waals surface area contributed by atoms with Crippen molar-refractivity contribution < 1.29 is 9.53 Å². The van der Waals surface area contributed by atoms with E-state index in [0.717, 1.165) is 12.2 Å². The summed E-state index contributed by atoms with van der Waals surface area (Å²) in [4.78, 5) is 12.3. The predicted octanol–water partition coefficient (Wildman–Crippen LogP) is 5.87. The third-order valence-electron chi connectivity index (χ3n) is 3.80. The van der Waals surface area contributed by atoms with Gasteiger partial charge in [0.05, 0.1) is 17.3 Å². The lowest BCUT2D eigenvalue weighted by Crippen LogP contribution is -2.12. The molecule has 0 saturated heterocycles. The molecular weight excluding hydrogens is 369 g/mol. The van der Waals surface area contributed by atoms with Crippen LogP contribution in [-0.2, 0) is 6.42 Å². The molecule has 3 aromatic rings. The highest BCUT2D eigenvalue weighted by Gasteiger charge is 2.09. The van der Waals surface area contributed by atoms with Crippen molar-refractivity contribution in [2.75, 3.05) is 11.9 Å². The molecule has 0 aliphatic rings. The second-order valence-corrected chi connectivity index (χ2v) is 6.53. The summed E-state index contributed by atoms with van der Waals surface area (Å²) >= 11 is 12.0. The van der Waals surface area contributed by atoms with Gasteiger partial charge in [0.1, 0.15) is 5.75 Å². The van der Waals surface area contributed by atoms with Crippen LogP contribution in [0.25, 0.3) is 0 Å². The number of ether oxygens (including phenoxy) is 1. The lowest BCUT2D eigenvalue weighted by Gasteiger charge is -2.09. The van der Waals surface area contributed by atoms with Gasteiger partial charge in [-0.15, -0.1) is 0 Å². The van der Waals surface area contributed by atoms with Gasteiger partial charge in [-0.05, 0) is 48.0 Å². The van der Waals surface area contributed by atoms with E-state index in [0.29, 0.717) is 27.9 Å². The number of carbonyl (C=O) groups excluding carboxylic acids is 1. The fourth-order valence-corrected chi connectivity index (χ4v) is 2.76. The van der Waals surface area contributed by atoms with Gasteiger partial charge in [-0.2, -0.15) is 0 Å². The Hall–Kier alpha value is -2.49. The third kappa shape index (κ3) is 5.01. The van der Waals surface area contributed by atoms with Crippen LogP contribution in [0.2, 0.25) is 10.0 Å². The molecule has 0 fully saturated rings. The number of carbonyl (C=O) groups is 1. The summed E-state index contributed by atoms with van der Waals surface area (Å²) in [6, 6.07) is 22.0. The summed E-state index contributed by atoms with van der Waals surface area (Å²) in [7, 11) is 0. The Balaban J connectivity index is 1.56. The number of benzene rings is 3. The maximum absolute atomic E-state index is 12.3. The molecule has 0 aliphatic heterocycles. The molecule has 5 heteroatoms. The highest BCUT2D eigenvalue weighted by atomic mass is 35.5. The van der Waals surface area contributed by atoms with Gasteiger partial charge in [0.2, 0.25) is 0 Å². The van der Waals surface area contributed by atoms with Crippen LogP contribution in [0.5, 0.6) is 5.75 Å². The normalized spacial score (nSPS) is 10.4. The first-order valence-corrected chi connectivity index (χ1v) is 8.90.